The first-order valence-electron chi connectivity index (χ1n) is 9.42. The molecule has 0 unspecified atom stereocenters. The highest BCUT2D eigenvalue weighted by Gasteiger charge is 2.34. The molecule has 28 heavy (non-hydrogen) atoms. The smallest absolute Gasteiger partial charge is 0.418 e. The van der Waals surface area contributed by atoms with E-state index in [9.17, 15) is 18.0 Å². The molecule has 2 heterocycles. The van der Waals surface area contributed by atoms with E-state index in [0.29, 0.717) is 24.9 Å². The lowest BCUT2D eigenvalue weighted by Crippen LogP contribution is -2.39. The lowest BCUT2D eigenvalue weighted by Gasteiger charge is -2.29. The van der Waals surface area contributed by atoms with Gasteiger partial charge in [0, 0.05) is 11.8 Å². The van der Waals surface area contributed by atoms with E-state index in [-0.39, 0.29) is 18.2 Å². The van der Waals surface area contributed by atoms with Crippen LogP contribution in [0.25, 0.3) is 0 Å². The molecule has 1 aromatic carbocycles. The topological polar surface area (TPSA) is 71.3 Å². The molecule has 1 aromatic heterocycles. The van der Waals surface area contributed by atoms with Crippen LogP contribution in [0.3, 0.4) is 0 Å². The van der Waals surface area contributed by atoms with Crippen LogP contribution >= 0.6 is 0 Å². The fourth-order valence-electron chi connectivity index (χ4n) is 3.48. The van der Waals surface area contributed by atoms with Crippen molar-refractivity contribution in [3.63, 3.8) is 0 Å². The first-order valence-corrected chi connectivity index (χ1v) is 9.42. The van der Waals surface area contributed by atoms with Crippen molar-refractivity contribution >= 4 is 11.6 Å². The Hall–Kier alpha value is -2.42. The number of piperidine rings is 1. The molecule has 1 N–H and O–H groups in total. The molecule has 150 valence electrons. The van der Waals surface area contributed by atoms with Crippen LogP contribution in [0.5, 0.6) is 0 Å². The average Bonchev–Trinajstić information content (AvgIpc) is 3.39. The largest absolute Gasteiger partial charge is 0.425 e. The number of aromatic nitrogens is 2. The van der Waals surface area contributed by atoms with Crippen molar-refractivity contribution in [2.45, 2.75) is 43.7 Å². The number of hydrogen-bond donors (Lipinski definition) is 1. The average molecular weight is 394 g/mol. The third-order valence-electron chi connectivity index (χ3n) is 5.19. The maximum atomic E-state index is 13.0. The number of nitrogens with one attached hydrogen (secondary N) is 1. The lowest BCUT2D eigenvalue weighted by atomic mass is 9.97. The van der Waals surface area contributed by atoms with Gasteiger partial charge in [0.1, 0.15) is 0 Å². The summed E-state index contributed by atoms with van der Waals surface area (Å²) in [6.07, 6.45) is -0.748. The molecule has 4 rings (SSSR count). The molecule has 0 radical (unpaired) electrons. The van der Waals surface area contributed by atoms with E-state index >= 15 is 0 Å². The SMILES string of the molecule is O=C(CN1CCC(c2nnc(C3CC3)o2)CC1)Nc1ccccc1C(F)(F)F. The predicted octanol–water partition coefficient (Wildman–Crippen LogP) is 3.78. The summed E-state index contributed by atoms with van der Waals surface area (Å²) in [6, 6.07) is 4.99. The molecule has 1 aliphatic carbocycles. The van der Waals surface area contributed by atoms with Crippen LogP contribution in [-0.2, 0) is 11.0 Å². The zero-order chi connectivity index (χ0) is 19.7. The minimum Gasteiger partial charge on any atom is -0.425 e. The number of para-hydroxylation sites is 1. The summed E-state index contributed by atoms with van der Waals surface area (Å²) in [7, 11) is 0. The van der Waals surface area contributed by atoms with E-state index in [2.05, 4.69) is 15.5 Å². The number of halogens is 3. The van der Waals surface area contributed by atoms with Crippen LogP contribution in [0.4, 0.5) is 18.9 Å². The first-order chi connectivity index (χ1) is 13.4. The van der Waals surface area contributed by atoms with Crippen molar-refractivity contribution in [1.29, 1.82) is 0 Å². The normalized spacial score (nSPS) is 19.0. The van der Waals surface area contributed by atoms with Crippen LogP contribution in [0.1, 0.15) is 54.9 Å². The van der Waals surface area contributed by atoms with Crippen molar-refractivity contribution in [2.75, 3.05) is 25.0 Å². The number of benzene rings is 1. The molecule has 1 saturated heterocycles. The van der Waals surface area contributed by atoms with Crippen molar-refractivity contribution in [1.82, 2.24) is 15.1 Å². The van der Waals surface area contributed by atoms with E-state index in [1.165, 1.54) is 18.2 Å². The van der Waals surface area contributed by atoms with Gasteiger partial charge in [-0.3, -0.25) is 9.69 Å². The van der Waals surface area contributed by atoms with E-state index in [1.54, 1.807) is 0 Å². The summed E-state index contributed by atoms with van der Waals surface area (Å²) in [4.78, 5) is 14.2. The number of rotatable bonds is 5. The van der Waals surface area contributed by atoms with Crippen LogP contribution in [-0.4, -0.2) is 40.6 Å². The van der Waals surface area contributed by atoms with E-state index in [4.69, 9.17) is 4.42 Å². The second-order valence-corrected chi connectivity index (χ2v) is 7.39. The van der Waals surface area contributed by atoms with Crippen LogP contribution in [0, 0.1) is 0 Å². The van der Waals surface area contributed by atoms with Gasteiger partial charge in [0.15, 0.2) is 0 Å². The molecule has 1 aliphatic heterocycles. The fraction of sp³-hybridized carbons (Fsp3) is 0.526. The van der Waals surface area contributed by atoms with Crippen molar-refractivity contribution in [3.8, 4) is 0 Å². The second-order valence-electron chi connectivity index (χ2n) is 7.39. The van der Waals surface area contributed by atoms with Gasteiger partial charge in [0.05, 0.1) is 17.8 Å². The molecule has 1 saturated carbocycles. The Kier molecular flexibility index (Phi) is 5.09. The van der Waals surface area contributed by atoms with Gasteiger partial charge in [0.2, 0.25) is 17.7 Å². The molecule has 2 fully saturated rings. The number of nitrogens with zero attached hydrogens (tertiary/aromatic N) is 3. The second kappa shape index (κ2) is 7.54. The standard InChI is InChI=1S/C19H21F3N4O2/c20-19(21,22)14-3-1-2-4-15(14)23-16(27)11-26-9-7-13(8-10-26)18-25-24-17(28-18)12-5-6-12/h1-4,12-13H,5-11H2,(H,23,27). The lowest BCUT2D eigenvalue weighted by molar-refractivity contribution is -0.137. The Morgan fingerprint density at radius 1 is 1.07 bits per heavy atom. The minimum atomic E-state index is -4.51. The van der Waals surface area contributed by atoms with Gasteiger partial charge >= 0.3 is 6.18 Å². The highest BCUT2D eigenvalue weighted by Crippen LogP contribution is 2.40. The Morgan fingerprint density at radius 2 is 1.68 bits per heavy atom. The highest BCUT2D eigenvalue weighted by molar-refractivity contribution is 5.93. The molecule has 9 heteroatoms. The Balaban J connectivity index is 1.29. The maximum Gasteiger partial charge on any atom is 0.418 e. The Labute approximate surface area is 160 Å². The van der Waals surface area contributed by atoms with Gasteiger partial charge in [0.25, 0.3) is 0 Å². The monoisotopic (exact) mass is 394 g/mol. The zero-order valence-corrected chi connectivity index (χ0v) is 15.2. The number of carbonyl (C=O) groups is 1. The molecule has 1 amide bonds. The van der Waals surface area contributed by atoms with E-state index < -0.39 is 17.6 Å². The van der Waals surface area contributed by atoms with Gasteiger partial charge in [-0.15, -0.1) is 10.2 Å². The number of alkyl halides is 3. The summed E-state index contributed by atoms with van der Waals surface area (Å²) in [5.74, 6) is 1.52. The van der Waals surface area contributed by atoms with Gasteiger partial charge in [-0.1, -0.05) is 12.1 Å². The number of amides is 1. The third-order valence-corrected chi connectivity index (χ3v) is 5.19. The fourth-order valence-corrected chi connectivity index (χ4v) is 3.48. The summed E-state index contributed by atoms with van der Waals surface area (Å²) in [5, 5.41) is 10.7. The summed E-state index contributed by atoms with van der Waals surface area (Å²) in [5.41, 5.74) is -1.06. The predicted molar refractivity (Wildman–Crippen MR) is 94.8 cm³/mol. The molecule has 0 atom stereocenters. The van der Waals surface area contributed by atoms with Crippen molar-refractivity contribution in [3.05, 3.63) is 41.6 Å². The Bertz CT molecular complexity index is 840. The quantitative estimate of drug-likeness (QED) is 0.836. The van der Waals surface area contributed by atoms with Gasteiger partial charge < -0.3 is 9.73 Å². The first kappa shape index (κ1) is 18.9. The molecule has 2 aromatic rings. The van der Waals surface area contributed by atoms with E-state index in [0.717, 1.165) is 37.6 Å². The van der Waals surface area contributed by atoms with Gasteiger partial charge in [-0.25, -0.2) is 0 Å². The van der Waals surface area contributed by atoms with Crippen LogP contribution in [0.15, 0.2) is 28.7 Å². The highest BCUT2D eigenvalue weighted by atomic mass is 19.4. The molecule has 0 spiro atoms. The molecule has 6 nitrogen and oxygen atoms in total. The molecular formula is C19H21F3N4O2. The molecular weight excluding hydrogens is 373 g/mol. The summed E-state index contributed by atoms with van der Waals surface area (Å²) in [6.45, 7) is 1.36. The van der Waals surface area contributed by atoms with Crippen LogP contribution < -0.4 is 5.32 Å². The van der Waals surface area contributed by atoms with Crippen molar-refractivity contribution in [2.24, 2.45) is 0 Å². The van der Waals surface area contributed by atoms with Crippen LogP contribution in [0.2, 0.25) is 0 Å². The van der Waals surface area contributed by atoms with Gasteiger partial charge in [-0.2, -0.15) is 13.2 Å². The molecule has 2 aliphatic rings. The zero-order valence-electron chi connectivity index (χ0n) is 15.2. The summed E-state index contributed by atoms with van der Waals surface area (Å²) >= 11 is 0. The van der Waals surface area contributed by atoms with Crippen molar-refractivity contribution < 1.29 is 22.4 Å². The van der Waals surface area contributed by atoms with E-state index in [1.807, 2.05) is 4.90 Å². The summed E-state index contributed by atoms with van der Waals surface area (Å²) < 4.78 is 44.9. The number of likely N-dealkylation sites (tertiary alicyclic amines) is 1. The minimum absolute atomic E-state index is 0.0517. The Morgan fingerprint density at radius 3 is 2.29 bits per heavy atom. The number of anilines is 1. The number of hydrogen-bond acceptors (Lipinski definition) is 5. The maximum absolute atomic E-state index is 13.0. The molecule has 0 bridgehead atoms. The number of carbonyl (C=O) groups excluding carboxylic acids is 1. The van der Waals surface area contributed by atoms with Gasteiger partial charge in [-0.05, 0) is 50.9 Å². The third kappa shape index (κ3) is 4.35.